The first-order valence-corrected chi connectivity index (χ1v) is 14.8. The van der Waals surface area contributed by atoms with Crippen molar-refractivity contribution in [2.24, 2.45) is 0 Å². The predicted molar refractivity (Wildman–Crippen MR) is 158 cm³/mol. The average Bonchev–Trinajstić information content (AvgIpc) is 3.03. The summed E-state index contributed by atoms with van der Waals surface area (Å²) in [5.74, 6) is -15.3. The van der Waals surface area contributed by atoms with Crippen molar-refractivity contribution in [1.82, 2.24) is 9.97 Å². The molecule has 1 aromatic heterocycles. The molecule has 15 heteroatoms. The Hall–Kier alpha value is -5.21. The fraction of sp³-hybridized carbons (Fsp3) is 0.200. The minimum absolute atomic E-state index is 0.0207. The number of aromatic nitrogens is 2. The Kier molecular flexibility index (Phi) is 10.3. The van der Waals surface area contributed by atoms with Crippen molar-refractivity contribution in [2.45, 2.75) is 44.8 Å². The van der Waals surface area contributed by atoms with E-state index >= 15 is 4.39 Å². The number of halogens is 11. The molecule has 50 heavy (non-hydrogen) atoms. The van der Waals surface area contributed by atoms with E-state index in [1.165, 1.54) is 12.1 Å². The van der Waals surface area contributed by atoms with Gasteiger partial charge in [0.05, 0.1) is 5.56 Å². The lowest BCUT2D eigenvalue weighted by Crippen LogP contribution is -2.26. The van der Waals surface area contributed by atoms with Crippen LogP contribution in [0.2, 0.25) is 0 Å². The number of unbranched alkanes of at least 4 members (excludes halogenated alkanes) is 2. The molecule has 0 spiro atoms. The van der Waals surface area contributed by atoms with Crippen LogP contribution < -0.4 is 9.47 Å². The lowest BCUT2D eigenvalue weighted by Gasteiger charge is -2.22. The number of nitrogens with zero attached hydrogens (tertiary/aromatic N) is 2. The second-order valence-corrected chi connectivity index (χ2v) is 11.0. The number of benzene rings is 4. The van der Waals surface area contributed by atoms with E-state index in [4.69, 9.17) is 0 Å². The van der Waals surface area contributed by atoms with E-state index in [0.717, 1.165) is 43.4 Å². The van der Waals surface area contributed by atoms with E-state index in [-0.39, 0.29) is 41.2 Å². The minimum Gasteiger partial charge on any atom is -0.429 e. The van der Waals surface area contributed by atoms with Crippen molar-refractivity contribution in [1.29, 1.82) is 0 Å². The fourth-order valence-corrected chi connectivity index (χ4v) is 4.90. The molecule has 0 aliphatic carbocycles. The van der Waals surface area contributed by atoms with E-state index in [2.05, 4.69) is 26.4 Å². The molecule has 5 rings (SSSR count). The third kappa shape index (κ3) is 7.81. The average molecular weight is 713 g/mol. The van der Waals surface area contributed by atoms with Gasteiger partial charge < -0.3 is 9.47 Å². The lowest BCUT2D eigenvalue weighted by molar-refractivity contribution is -0.191. The quantitative estimate of drug-likeness (QED) is 0.0734. The van der Waals surface area contributed by atoms with Crippen molar-refractivity contribution in [3.63, 3.8) is 0 Å². The molecule has 0 aliphatic heterocycles. The Morgan fingerprint density at radius 2 is 1.12 bits per heavy atom. The number of hydrogen-bond acceptors (Lipinski definition) is 4. The maximum Gasteiger partial charge on any atom is 0.432 e. The van der Waals surface area contributed by atoms with Crippen LogP contribution in [0, 0.1) is 40.7 Å². The van der Waals surface area contributed by atoms with E-state index < -0.39 is 75.6 Å². The number of rotatable bonds is 12. The van der Waals surface area contributed by atoms with Crippen LogP contribution in [0.25, 0.3) is 22.5 Å². The third-order valence-electron chi connectivity index (χ3n) is 7.35. The Morgan fingerprint density at radius 1 is 0.580 bits per heavy atom. The standard InChI is InChI=1S/C35H23F11N2O2/c1-2-3-4-5-18-16-47-33(48-17-18)20-6-8-23(25(36)11-20)19-7-9-24(26(37)10-19)34(43,44)49-21-12-27(38)31(28(39)13-21)35(45,46)50-22-14-29(40)32(42)30(41)15-22/h6-17H,2-5H2,1H3. The van der Waals surface area contributed by atoms with E-state index in [9.17, 15) is 43.9 Å². The van der Waals surface area contributed by atoms with Crippen LogP contribution in [-0.4, -0.2) is 9.97 Å². The van der Waals surface area contributed by atoms with Gasteiger partial charge in [0.15, 0.2) is 23.3 Å². The Bertz CT molecular complexity index is 1980. The van der Waals surface area contributed by atoms with Crippen molar-refractivity contribution < 1.29 is 57.8 Å². The first-order valence-electron chi connectivity index (χ1n) is 14.8. The lowest BCUT2D eigenvalue weighted by atomic mass is 10.0. The molecule has 0 amide bonds. The Balaban J connectivity index is 1.33. The summed E-state index contributed by atoms with van der Waals surface area (Å²) in [5, 5.41) is 0. The monoisotopic (exact) mass is 712 g/mol. The van der Waals surface area contributed by atoms with Crippen molar-refractivity contribution in [3.05, 3.63) is 130 Å². The molecule has 0 fully saturated rings. The number of ether oxygens (including phenoxy) is 2. The molecule has 262 valence electrons. The molecule has 0 N–H and O–H groups in total. The number of hydrogen-bond donors (Lipinski definition) is 0. The highest BCUT2D eigenvalue weighted by Gasteiger charge is 2.43. The highest BCUT2D eigenvalue weighted by atomic mass is 19.3. The van der Waals surface area contributed by atoms with Crippen molar-refractivity contribution in [3.8, 4) is 34.0 Å². The summed E-state index contributed by atoms with van der Waals surface area (Å²) in [6.07, 6.45) is -2.53. The zero-order valence-corrected chi connectivity index (χ0v) is 25.6. The zero-order valence-electron chi connectivity index (χ0n) is 25.6. The van der Waals surface area contributed by atoms with Gasteiger partial charge in [0.1, 0.15) is 40.3 Å². The SMILES string of the molecule is CCCCCc1cnc(-c2ccc(-c3ccc(C(F)(F)Oc4cc(F)c(C(F)(F)Oc5cc(F)c(F)c(F)c5)c(F)c4)c(F)c3)c(F)c2)nc1. The summed E-state index contributed by atoms with van der Waals surface area (Å²) in [6, 6.07) is 5.59. The van der Waals surface area contributed by atoms with E-state index in [1.807, 2.05) is 0 Å². The van der Waals surface area contributed by atoms with Crippen LogP contribution in [0.3, 0.4) is 0 Å². The van der Waals surface area contributed by atoms with Gasteiger partial charge in [-0.2, -0.15) is 17.6 Å². The van der Waals surface area contributed by atoms with E-state index in [1.54, 1.807) is 12.4 Å². The van der Waals surface area contributed by atoms with Crippen LogP contribution >= 0.6 is 0 Å². The van der Waals surface area contributed by atoms with Gasteiger partial charge in [-0.15, -0.1) is 0 Å². The van der Waals surface area contributed by atoms with Crippen LogP contribution in [0.1, 0.15) is 42.9 Å². The second kappa shape index (κ2) is 14.3. The molecule has 0 saturated carbocycles. The molecular weight excluding hydrogens is 689 g/mol. The summed E-state index contributed by atoms with van der Waals surface area (Å²) in [7, 11) is 0. The van der Waals surface area contributed by atoms with Crippen molar-refractivity contribution >= 4 is 0 Å². The van der Waals surface area contributed by atoms with E-state index in [0.29, 0.717) is 17.7 Å². The molecule has 0 saturated heterocycles. The topological polar surface area (TPSA) is 44.2 Å². The first-order chi connectivity index (χ1) is 23.6. The first kappa shape index (κ1) is 36.1. The Morgan fingerprint density at radius 3 is 1.68 bits per heavy atom. The highest BCUT2D eigenvalue weighted by molar-refractivity contribution is 5.69. The molecule has 0 bridgehead atoms. The minimum atomic E-state index is -4.99. The summed E-state index contributed by atoms with van der Waals surface area (Å²) >= 11 is 0. The highest BCUT2D eigenvalue weighted by Crippen LogP contribution is 2.40. The molecule has 4 nitrogen and oxygen atoms in total. The van der Waals surface area contributed by atoms with Gasteiger partial charge in [-0.25, -0.2) is 40.7 Å². The Labute approximate surface area is 277 Å². The maximum atomic E-state index is 15.1. The molecule has 0 aliphatic rings. The van der Waals surface area contributed by atoms with Crippen LogP contribution in [-0.2, 0) is 18.6 Å². The van der Waals surface area contributed by atoms with Crippen LogP contribution in [0.15, 0.2) is 73.1 Å². The molecular formula is C35H23F11N2O2. The van der Waals surface area contributed by atoms with Gasteiger partial charge in [-0.1, -0.05) is 38.0 Å². The van der Waals surface area contributed by atoms with Gasteiger partial charge >= 0.3 is 12.2 Å². The van der Waals surface area contributed by atoms with Gasteiger partial charge in [-0.3, -0.25) is 0 Å². The van der Waals surface area contributed by atoms with Gasteiger partial charge in [0, 0.05) is 47.8 Å². The van der Waals surface area contributed by atoms with Crippen molar-refractivity contribution in [2.75, 3.05) is 0 Å². The van der Waals surface area contributed by atoms with Gasteiger partial charge in [0.2, 0.25) is 0 Å². The van der Waals surface area contributed by atoms with Gasteiger partial charge in [-0.05, 0) is 42.2 Å². The summed E-state index contributed by atoms with van der Waals surface area (Å²) in [5.41, 5.74) is -2.75. The second-order valence-electron chi connectivity index (χ2n) is 11.0. The maximum absolute atomic E-state index is 15.1. The molecule has 5 aromatic rings. The normalized spacial score (nSPS) is 11.9. The molecule has 4 aromatic carbocycles. The number of alkyl halides is 4. The van der Waals surface area contributed by atoms with Gasteiger partial charge in [0.25, 0.3) is 0 Å². The molecule has 0 radical (unpaired) electrons. The summed E-state index contributed by atoms with van der Waals surface area (Å²) in [6.45, 7) is 2.08. The molecule has 0 unspecified atom stereocenters. The van der Waals surface area contributed by atoms with Crippen LogP contribution in [0.4, 0.5) is 48.3 Å². The summed E-state index contributed by atoms with van der Waals surface area (Å²) < 4.78 is 167. The zero-order chi connectivity index (χ0) is 36.4. The number of aryl methyl sites for hydroxylation is 1. The smallest absolute Gasteiger partial charge is 0.429 e. The third-order valence-corrected chi connectivity index (χ3v) is 7.35. The fourth-order valence-electron chi connectivity index (χ4n) is 4.90. The predicted octanol–water partition coefficient (Wildman–Crippen LogP) is 10.8. The molecule has 0 atom stereocenters. The van der Waals surface area contributed by atoms with Crippen LogP contribution in [0.5, 0.6) is 11.5 Å². The summed E-state index contributed by atoms with van der Waals surface area (Å²) in [4.78, 5) is 8.50. The largest absolute Gasteiger partial charge is 0.432 e. The molecule has 1 heterocycles.